The third-order valence-corrected chi connectivity index (χ3v) is 3.27. The van der Waals surface area contributed by atoms with E-state index in [0.717, 1.165) is 6.42 Å². The number of aryl methyl sites for hydroxylation is 2. The zero-order chi connectivity index (χ0) is 16.1. The van der Waals surface area contributed by atoms with E-state index >= 15 is 0 Å². The van der Waals surface area contributed by atoms with Crippen LogP contribution < -0.4 is 0 Å². The van der Waals surface area contributed by atoms with Crippen molar-refractivity contribution >= 4 is 22.7 Å². The van der Waals surface area contributed by atoms with E-state index in [-0.39, 0.29) is 11.7 Å². The van der Waals surface area contributed by atoms with Crippen LogP contribution in [-0.2, 0) is 16.1 Å². The van der Waals surface area contributed by atoms with Gasteiger partial charge in [0.1, 0.15) is 6.20 Å². The van der Waals surface area contributed by atoms with Gasteiger partial charge in [0.25, 0.3) is 5.69 Å². The first-order valence-electron chi connectivity index (χ1n) is 7.16. The van der Waals surface area contributed by atoms with Crippen molar-refractivity contribution in [2.24, 2.45) is 0 Å². The van der Waals surface area contributed by atoms with Crippen molar-refractivity contribution < 1.29 is 14.5 Å². The summed E-state index contributed by atoms with van der Waals surface area (Å²) in [6.45, 7) is 4.57. The van der Waals surface area contributed by atoms with Crippen LogP contribution in [0.4, 0.5) is 5.69 Å². The molecule has 0 saturated carbocycles. The van der Waals surface area contributed by atoms with E-state index < -0.39 is 4.92 Å². The minimum absolute atomic E-state index is 0.0440. The zero-order valence-corrected chi connectivity index (χ0v) is 12.6. The number of nitrogens with zero attached hydrogens (tertiary/aromatic N) is 4. The molecule has 0 saturated heterocycles. The number of nitro groups is 1. The van der Waals surface area contributed by atoms with E-state index in [2.05, 4.69) is 10.1 Å². The van der Waals surface area contributed by atoms with Crippen molar-refractivity contribution in [3.8, 4) is 0 Å². The van der Waals surface area contributed by atoms with E-state index in [0.29, 0.717) is 42.7 Å². The van der Waals surface area contributed by atoms with Crippen molar-refractivity contribution in [1.29, 1.82) is 0 Å². The Morgan fingerprint density at radius 2 is 2.23 bits per heavy atom. The lowest BCUT2D eigenvalue weighted by molar-refractivity contribution is -0.385. The molecule has 0 radical (unpaired) electrons. The molecule has 2 aromatic heterocycles. The molecule has 22 heavy (non-hydrogen) atoms. The van der Waals surface area contributed by atoms with Crippen LogP contribution in [0, 0.1) is 17.0 Å². The molecule has 0 spiro atoms. The van der Waals surface area contributed by atoms with E-state index in [1.807, 2.05) is 0 Å². The third kappa shape index (κ3) is 3.57. The molecule has 0 aliphatic rings. The maximum atomic E-state index is 11.3. The van der Waals surface area contributed by atoms with Crippen LogP contribution in [0.25, 0.3) is 11.0 Å². The molecule has 0 N–H and O–H groups in total. The number of fused-ring (bicyclic) bond motifs is 1. The Balaban J connectivity index is 2.03. The van der Waals surface area contributed by atoms with Crippen LogP contribution >= 0.6 is 0 Å². The number of aromatic nitrogens is 3. The predicted molar refractivity (Wildman–Crippen MR) is 79.4 cm³/mol. The van der Waals surface area contributed by atoms with Gasteiger partial charge in [0.05, 0.1) is 17.2 Å². The lowest BCUT2D eigenvalue weighted by atomic mass is 10.2. The molecule has 8 nitrogen and oxygen atoms in total. The van der Waals surface area contributed by atoms with Gasteiger partial charge in [-0.1, -0.05) is 0 Å². The molecule has 0 aromatic carbocycles. The normalized spacial score (nSPS) is 10.8. The first-order valence-corrected chi connectivity index (χ1v) is 7.16. The van der Waals surface area contributed by atoms with Gasteiger partial charge in [0.15, 0.2) is 5.65 Å². The van der Waals surface area contributed by atoms with E-state index in [9.17, 15) is 14.9 Å². The smallest absolute Gasteiger partial charge is 0.305 e. The second-order valence-electron chi connectivity index (χ2n) is 4.89. The van der Waals surface area contributed by atoms with Gasteiger partial charge in [-0.25, -0.2) is 9.67 Å². The maximum Gasteiger partial charge on any atom is 0.305 e. The lowest BCUT2D eigenvalue weighted by Gasteiger charge is -2.03. The number of rotatable bonds is 7. The number of ether oxygens (including phenoxy) is 1. The summed E-state index contributed by atoms with van der Waals surface area (Å²) in [7, 11) is 0. The van der Waals surface area contributed by atoms with E-state index in [1.54, 1.807) is 18.5 Å². The highest BCUT2D eigenvalue weighted by Crippen LogP contribution is 2.21. The first-order chi connectivity index (χ1) is 10.5. The van der Waals surface area contributed by atoms with Crippen molar-refractivity contribution in [3.63, 3.8) is 0 Å². The number of pyridine rings is 1. The maximum absolute atomic E-state index is 11.3. The van der Waals surface area contributed by atoms with Crippen molar-refractivity contribution in [2.45, 2.75) is 39.7 Å². The molecule has 0 amide bonds. The summed E-state index contributed by atoms with van der Waals surface area (Å²) in [5.74, 6) is -0.197. The minimum Gasteiger partial charge on any atom is -0.466 e. The second kappa shape index (κ2) is 6.97. The molecule has 0 aliphatic carbocycles. The summed E-state index contributed by atoms with van der Waals surface area (Å²) in [5, 5.41) is 15.8. The van der Waals surface area contributed by atoms with Gasteiger partial charge in [0, 0.05) is 24.4 Å². The molecular weight excluding hydrogens is 288 g/mol. The average molecular weight is 306 g/mol. The number of carbonyl (C=O) groups excluding carboxylic acids is 1. The molecule has 0 bridgehead atoms. The SMILES string of the molecule is CCOC(=O)CCCCn1nc(C)c2cc([N+](=O)[O-])cnc21. The summed E-state index contributed by atoms with van der Waals surface area (Å²) in [4.78, 5) is 25.7. The van der Waals surface area contributed by atoms with Crippen molar-refractivity contribution in [2.75, 3.05) is 6.61 Å². The molecule has 2 rings (SSSR count). The highest BCUT2D eigenvalue weighted by atomic mass is 16.6. The summed E-state index contributed by atoms with van der Waals surface area (Å²) < 4.78 is 6.59. The zero-order valence-electron chi connectivity index (χ0n) is 12.6. The summed E-state index contributed by atoms with van der Waals surface area (Å²) in [6.07, 6.45) is 3.07. The minimum atomic E-state index is -0.470. The molecule has 0 fully saturated rings. The molecule has 2 heterocycles. The fraction of sp³-hybridized carbons (Fsp3) is 0.500. The van der Waals surface area contributed by atoms with Gasteiger partial charge in [-0.15, -0.1) is 0 Å². The van der Waals surface area contributed by atoms with Gasteiger partial charge in [-0.3, -0.25) is 14.9 Å². The Bertz CT molecular complexity index is 695. The monoisotopic (exact) mass is 306 g/mol. The van der Waals surface area contributed by atoms with Crippen molar-refractivity contribution in [1.82, 2.24) is 14.8 Å². The number of esters is 1. The number of unbranched alkanes of at least 4 members (excludes halogenated alkanes) is 1. The van der Waals surface area contributed by atoms with Crippen LogP contribution in [0.5, 0.6) is 0 Å². The fourth-order valence-corrected chi connectivity index (χ4v) is 2.22. The van der Waals surface area contributed by atoms with Crippen LogP contribution in [0.3, 0.4) is 0 Å². The molecule has 2 aromatic rings. The molecule has 0 atom stereocenters. The van der Waals surface area contributed by atoms with Gasteiger partial charge in [-0.2, -0.15) is 5.10 Å². The van der Waals surface area contributed by atoms with E-state index in [1.165, 1.54) is 12.3 Å². The highest BCUT2D eigenvalue weighted by molar-refractivity contribution is 5.80. The standard InChI is InChI=1S/C14H18N4O4/c1-3-22-13(19)6-4-5-7-17-14-12(10(2)16-17)8-11(9-15-14)18(20)21/h8-9H,3-7H2,1-2H3. The van der Waals surface area contributed by atoms with Gasteiger partial charge in [0.2, 0.25) is 0 Å². The van der Waals surface area contributed by atoms with Crippen LogP contribution in [0.15, 0.2) is 12.3 Å². The first kappa shape index (κ1) is 15.9. The number of hydrogen-bond donors (Lipinski definition) is 0. The quantitative estimate of drug-likeness (QED) is 0.337. The van der Waals surface area contributed by atoms with Crippen LogP contribution in [0.2, 0.25) is 0 Å². The molecule has 0 aliphatic heterocycles. The fourth-order valence-electron chi connectivity index (χ4n) is 2.22. The van der Waals surface area contributed by atoms with Crippen LogP contribution in [-0.4, -0.2) is 32.3 Å². The summed E-state index contributed by atoms with van der Waals surface area (Å²) >= 11 is 0. The van der Waals surface area contributed by atoms with Crippen LogP contribution in [0.1, 0.15) is 31.9 Å². The second-order valence-corrected chi connectivity index (χ2v) is 4.89. The predicted octanol–water partition coefficient (Wildman–Crippen LogP) is 2.38. The molecular formula is C14H18N4O4. The van der Waals surface area contributed by atoms with Crippen molar-refractivity contribution in [3.05, 3.63) is 28.1 Å². The molecule has 118 valence electrons. The summed E-state index contributed by atoms with van der Waals surface area (Å²) in [6, 6.07) is 1.49. The van der Waals surface area contributed by atoms with Gasteiger partial charge < -0.3 is 4.74 Å². The van der Waals surface area contributed by atoms with Gasteiger partial charge in [-0.05, 0) is 26.7 Å². The Kier molecular flexibility index (Phi) is 5.03. The number of carbonyl (C=O) groups is 1. The molecule has 8 heteroatoms. The third-order valence-electron chi connectivity index (χ3n) is 3.27. The molecule has 0 unspecified atom stereocenters. The van der Waals surface area contributed by atoms with Gasteiger partial charge >= 0.3 is 5.97 Å². The highest BCUT2D eigenvalue weighted by Gasteiger charge is 2.14. The van der Waals surface area contributed by atoms with E-state index in [4.69, 9.17) is 4.74 Å². The Labute approximate surface area is 127 Å². The lowest BCUT2D eigenvalue weighted by Crippen LogP contribution is -2.06. The Hall–Kier alpha value is -2.51. The topological polar surface area (TPSA) is 100 Å². The summed E-state index contributed by atoms with van der Waals surface area (Å²) in [5.41, 5.74) is 1.29. The average Bonchev–Trinajstić information content (AvgIpc) is 2.80. The Morgan fingerprint density at radius 1 is 1.45 bits per heavy atom. The largest absolute Gasteiger partial charge is 0.466 e. The Morgan fingerprint density at radius 3 is 2.91 bits per heavy atom. The number of hydrogen-bond acceptors (Lipinski definition) is 6.